The lowest BCUT2D eigenvalue weighted by Gasteiger charge is -2.47. The van der Waals surface area contributed by atoms with Gasteiger partial charge in [-0.3, -0.25) is 9.11 Å². The second-order valence-electron chi connectivity index (χ2n) is 7.40. The Kier molecular flexibility index (Phi) is 6.02. The molecule has 19 heavy (non-hydrogen) atoms. The van der Waals surface area contributed by atoms with E-state index in [0.29, 0.717) is 18.0 Å². The minimum absolute atomic E-state index is 0.250. The number of hydrogen-bond donors (Lipinski definition) is 1. The first kappa shape index (κ1) is 17.1. The summed E-state index contributed by atoms with van der Waals surface area (Å²) in [5.41, 5.74) is 0.273. The zero-order chi connectivity index (χ0) is 14.8. The van der Waals surface area contributed by atoms with Crippen LogP contribution in [-0.2, 0) is 10.8 Å². The summed E-state index contributed by atoms with van der Waals surface area (Å²) < 4.78 is 11.6. The highest BCUT2D eigenvalue weighted by Gasteiger charge is 2.35. The van der Waals surface area contributed by atoms with Crippen molar-refractivity contribution in [1.29, 1.82) is 0 Å². The van der Waals surface area contributed by atoms with Gasteiger partial charge >= 0.3 is 0 Å². The summed E-state index contributed by atoms with van der Waals surface area (Å²) in [4.78, 5) is 2.56. The Hall–Kier alpha value is 0.0700. The van der Waals surface area contributed by atoms with E-state index in [0.717, 1.165) is 19.6 Å². The van der Waals surface area contributed by atoms with Gasteiger partial charge in [-0.15, -0.1) is 0 Å². The Morgan fingerprint density at radius 3 is 2.32 bits per heavy atom. The summed E-state index contributed by atoms with van der Waals surface area (Å²) in [5.74, 6) is 0.630. The fourth-order valence-electron chi connectivity index (χ4n) is 2.71. The van der Waals surface area contributed by atoms with Gasteiger partial charge < -0.3 is 5.32 Å². The molecule has 4 atom stereocenters. The fraction of sp³-hybridized carbons (Fsp3) is 1.00. The van der Waals surface area contributed by atoms with Crippen LogP contribution in [0.25, 0.3) is 0 Å². The SMILES string of the molecule is CC(C)C1CNC(C(C)(C)C)CN1CC(C)S(C)=O. The normalized spacial score (nSPS) is 29.5. The molecule has 0 aromatic heterocycles. The predicted octanol–water partition coefficient (Wildman–Crippen LogP) is 2.10. The van der Waals surface area contributed by atoms with Crippen LogP contribution < -0.4 is 5.32 Å². The summed E-state index contributed by atoms with van der Waals surface area (Å²) in [5, 5.41) is 3.96. The van der Waals surface area contributed by atoms with Gasteiger partial charge in [0.05, 0.1) is 0 Å². The number of piperazine rings is 1. The number of hydrogen-bond acceptors (Lipinski definition) is 3. The molecule has 4 heteroatoms. The highest BCUT2D eigenvalue weighted by Crippen LogP contribution is 2.25. The molecule has 0 saturated carbocycles. The minimum Gasteiger partial charge on any atom is -0.311 e. The number of nitrogens with one attached hydrogen (secondary N) is 1. The van der Waals surface area contributed by atoms with E-state index in [4.69, 9.17) is 0 Å². The molecule has 1 saturated heterocycles. The summed E-state index contributed by atoms with van der Waals surface area (Å²) in [7, 11) is -0.735. The monoisotopic (exact) mass is 288 g/mol. The first-order chi connectivity index (χ1) is 8.62. The number of rotatable bonds is 4. The van der Waals surface area contributed by atoms with Gasteiger partial charge in [0, 0.05) is 54.0 Å². The summed E-state index contributed by atoms with van der Waals surface area (Å²) in [6.07, 6.45) is 1.82. The van der Waals surface area contributed by atoms with Crippen molar-refractivity contribution in [3.05, 3.63) is 0 Å². The molecular weight excluding hydrogens is 256 g/mol. The molecule has 1 aliphatic rings. The minimum atomic E-state index is -0.735. The highest BCUT2D eigenvalue weighted by molar-refractivity contribution is 7.84. The van der Waals surface area contributed by atoms with Gasteiger partial charge in [0.25, 0.3) is 0 Å². The van der Waals surface area contributed by atoms with E-state index in [1.165, 1.54) is 0 Å². The summed E-state index contributed by atoms with van der Waals surface area (Å²) >= 11 is 0. The third-order valence-corrected chi connectivity index (χ3v) is 5.62. The first-order valence-electron chi connectivity index (χ1n) is 7.42. The van der Waals surface area contributed by atoms with E-state index >= 15 is 0 Å². The second kappa shape index (κ2) is 6.68. The summed E-state index contributed by atoms with van der Waals surface area (Å²) in [6, 6.07) is 1.07. The van der Waals surface area contributed by atoms with Crippen LogP contribution in [0.15, 0.2) is 0 Å². The smallest absolute Gasteiger partial charge is 0.0444 e. The van der Waals surface area contributed by atoms with E-state index in [9.17, 15) is 4.21 Å². The second-order valence-corrected chi connectivity index (χ2v) is 9.20. The Morgan fingerprint density at radius 2 is 1.89 bits per heavy atom. The zero-order valence-electron chi connectivity index (χ0n) is 13.7. The molecule has 0 bridgehead atoms. The molecule has 1 heterocycles. The van der Waals surface area contributed by atoms with E-state index in [1.54, 1.807) is 0 Å². The van der Waals surface area contributed by atoms with Crippen molar-refractivity contribution in [1.82, 2.24) is 10.2 Å². The van der Waals surface area contributed by atoms with Crippen molar-refractivity contribution in [2.75, 3.05) is 25.9 Å². The van der Waals surface area contributed by atoms with Crippen molar-refractivity contribution in [3.63, 3.8) is 0 Å². The van der Waals surface area contributed by atoms with Crippen LogP contribution in [0, 0.1) is 11.3 Å². The van der Waals surface area contributed by atoms with Crippen molar-refractivity contribution >= 4 is 10.8 Å². The average molecular weight is 289 g/mol. The Morgan fingerprint density at radius 1 is 1.32 bits per heavy atom. The maximum Gasteiger partial charge on any atom is 0.0444 e. The molecule has 1 rings (SSSR count). The molecule has 4 unspecified atom stereocenters. The predicted molar refractivity (Wildman–Crippen MR) is 85.0 cm³/mol. The zero-order valence-corrected chi connectivity index (χ0v) is 14.5. The van der Waals surface area contributed by atoms with Crippen molar-refractivity contribution in [2.45, 2.75) is 58.9 Å². The maximum atomic E-state index is 11.6. The highest BCUT2D eigenvalue weighted by atomic mass is 32.2. The van der Waals surface area contributed by atoms with Crippen LogP contribution in [0.4, 0.5) is 0 Å². The molecular formula is C15H32N2OS. The Bertz CT molecular complexity index is 312. The standard InChI is InChI=1S/C15H32N2OS/c1-11(2)13-8-16-14(15(4,5)6)10-17(13)9-12(3)19(7)18/h11-14,16H,8-10H2,1-7H3. The first-order valence-corrected chi connectivity index (χ1v) is 9.04. The van der Waals surface area contributed by atoms with Crippen LogP contribution in [0.2, 0.25) is 0 Å². The van der Waals surface area contributed by atoms with Crippen LogP contribution in [0.3, 0.4) is 0 Å². The van der Waals surface area contributed by atoms with Gasteiger partial charge in [-0.25, -0.2) is 0 Å². The van der Waals surface area contributed by atoms with E-state index in [2.05, 4.69) is 51.8 Å². The Labute approximate surface area is 122 Å². The largest absolute Gasteiger partial charge is 0.311 e. The van der Waals surface area contributed by atoms with Gasteiger partial charge in [0.15, 0.2) is 0 Å². The molecule has 1 aliphatic heterocycles. The topological polar surface area (TPSA) is 32.3 Å². The molecule has 0 spiro atoms. The lowest BCUT2D eigenvalue weighted by atomic mass is 9.83. The van der Waals surface area contributed by atoms with Crippen molar-refractivity contribution < 1.29 is 4.21 Å². The van der Waals surface area contributed by atoms with Crippen LogP contribution >= 0.6 is 0 Å². The van der Waals surface area contributed by atoms with Gasteiger partial charge in [0.2, 0.25) is 0 Å². The molecule has 1 fully saturated rings. The lowest BCUT2D eigenvalue weighted by molar-refractivity contribution is 0.0643. The summed E-state index contributed by atoms with van der Waals surface area (Å²) in [6.45, 7) is 16.6. The van der Waals surface area contributed by atoms with Gasteiger partial charge in [-0.05, 0) is 18.3 Å². The van der Waals surface area contributed by atoms with Gasteiger partial charge in [0.1, 0.15) is 0 Å². The molecule has 1 N–H and O–H groups in total. The van der Waals surface area contributed by atoms with Crippen molar-refractivity contribution in [3.8, 4) is 0 Å². The molecule has 3 nitrogen and oxygen atoms in total. The molecule has 0 radical (unpaired) electrons. The van der Waals surface area contributed by atoms with E-state index in [1.807, 2.05) is 6.26 Å². The quantitative estimate of drug-likeness (QED) is 0.860. The molecule has 114 valence electrons. The molecule has 0 aliphatic carbocycles. The third kappa shape index (κ3) is 4.83. The van der Waals surface area contributed by atoms with Crippen molar-refractivity contribution in [2.24, 2.45) is 11.3 Å². The molecule has 0 aromatic rings. The number of nitrogens with zero attached hydrogens (tertiary/aromatic N) is 1. The maximum absolute atomic E-state index is 11.6. The van der Waals surface area contributed by atoms with Crippen LogP contribution in [0.1, 0.15) is 41.5 Å². The van der Waals surface area contributed by atoms with Gasteiger partial charge in [-0.1, -0.05) is 34.6 Å². The molecule has 0 amide bonds. The third-order valence-electron chi connectivity index (χ3n) is 4.33. The molecule has 0 aromatic carbocycles. The average Bonchev–Trinajstić information content (AvgIpc) is 2.27. The van der Waals surface area contributed by atoms with Crippen LogP contribution in [0.5, 0.6) is 0 Å². The fourth-order valence-corrected chi connectivity index (χ4v) is 3.11. The van der Waals surface area contributed by atoms with Gasteiger partial charge in [-0.2, -0.15) is 0 Å². The van der Waals surface area contributed by atoms with E-state index < -0.39 is 10.8 Å². The van der Waals surface area contributed by atoms with Crippen LogP contribution in [-0.4, -0.2) is 52.3 Å². The van der Waals surface area contributed by atoms with E-state index in [-0.39, 0.29) is 10.7 Å². The lowest BCUT2D eigenvalue weighted by Crippen LogP contribution is -2.62. The Balaban J connectivity index is 2.76.